The zero-order chi connectivity index (χ0) is 17.0. The third kappa shape index (κ3) is 3.87. The Bertz CT molecular complexity index is 775. The SMILES string of the molecule is CCOc1ccccc1O[C@@H](c1ccccc1)[C@H]1COS(=O)(=O)O1. The van der Waals surface area contributed by atoms with Gasteiger partial charge in [-0.15, -0.1) is 0 Å². The number of rotatable bonds is 6. The first-order valence-corrected chi connectivity index (χ1v) is 8.93. The van der Waals surface area contributed by atoms with Gasteiger partial charge in [-0.2, -0.15) is 8.42 Å². The molecule has 0 amide bonds. The number of hydrogen-bond acceptors (Lipinski definition) is 6. The molecule has 3 rings (SSSR count). The first-order valence-electron chi connectivity index (χ1n) is 7.60. The van der Waals surface area contributed by atoms with Crippen molar-refractivity contribution in [3.05, 3.63) is 60.2 Å². The van der Waals surface area contributed by atoms with Crippen LogP contribution in [0.5, 0.6) is 11.5 Å². The van der Waals surface area contributed by atoms with Crippen LogP contribution in [0.3, 0.4) is 0 Å². The summed E-state index contributed by atoms with van der Waals surface area (Å²) in [4.78, 5) is 0. The summed E-state index contributed by atoms with van der Waals surface area (Å²) in [6, 6.07) is 16.5. The quantitative estimate of drug-likeness (QED) is 0.798. The van der Waals surface area contributed by atoms with Gasteiger partial charge in [-0.1, -0.05) is 42.5 Å². The third-order valence-corrected chi connectivity index (χ3v) is 4.39. The minimum absolute atomic E-state index is 0.0985. The molecule has 7 heteroatoms. The van der Waals surface area contributed by atoms with Gasteiger partial charge in [-0.05, 0) is 24.6 Å². The molecule has 0 bridgehead atoms. The first-order chi connectivity index (χ1) is 11.6. The molecule has 1 aliphatic heterocycles. The molecule has 0 spiro atoms. The molecule has 0 N–H and O–H groups in total. The van der Waals surface area contributed by atoms with Gasteiger partial charge in [0.25, 0.3) is 0 Å². The normalized spacial score (nSPS) is 20.5. The number of hydrogen-bond donors (Lipinski definition) is 0. The molecule has 0 saturated carbocycles. The zero-order valence-corrected chi connectivity index (χ0v) is 13.9. The Morgan fingerprint density at radius 1 is 1.08 bits per heavy atom. The van der Waals surface area contributed by atoms with Crippen molar-refractivity contribution >= 4 is 10.4 Å². The van der Waals surface area contributed by atoms with Crippen molar-refractivity contribution in [3.8, 4) is 11.5 Å². The molecule has 1 saturated heterocycles. The molecular formula is C17H18O6S. The Labute approximate surface area is 141 Å². The van der Waals surface area contributed by atoms with Crippen LogP contribution in [0.15, 0.2) is 54.6 Å². The van der Waals surface area contributed by atoms with E-state index in [0.717, 1.165) is 5.56 Å². The van der Waals surface area contributed by atoms with E-state index in [1.165, 1.54) is 0 Å². The van der Waals surface area contributed by atoms with Crippen LogP contribution in [0.25, 0.3) is 0 Å². The molecule has 0 aliphatic carbocycles. The highest BCUT2D eigenvalue weighted by atomic mass is 32.3. The summed E-state index contributed by atoms with van der Waals surface area (Å²) in [6.07, 6.45) is -1.42. The number of para-hydroxylation sites is 2. The topological polar surface area (TPSA) is 71.1 Å². The predicted molar refractivity (Wildman–Crippen MR) is 87.2 cm³/mol. The van der Waals surface area contributed by atoms with Crippen LogP contribution in [-0.2, 0) is 18.8 Å². The lowest BCUT2D eigenvalue weighted by Gasteiger charge is -2.24. The Kier molecular flexibility index (Phi) is 5.03. The minimum atomic E-state index is -3.97. The molecule has 0 aromatic heterocycles. The lowest BCUT2D eigenvalue weighted by atomic mass is 10.0. The number of benzene rings is 2. The van der Waals surface area contributed by atoms with Gasteiger partial charge in [-0.25, -0.2) is 8.37 Å². The fourth-order valence-corrected chi connectivity index (χ4v) is 3.27. The van der Waals surface area contributed by atoms with Crippen molar-refractivity contribution in [2.45, 2.75) is 19.1 Å². The number of ether oxygens (including phenoxy) is 2. The molecule has 2 aromatic rings. The van der Waals surface area contributed by atoms with E-state index in [1.54, 1.807) is 12.1 Å². The highest BCUT2D eigenvalue weighted by Crippen LogP contribution is 2.35. The Morgan fingerprint density at radius 3 is 2.38 bits per heavy atom. The Morgan fingerprint density at radius 2 is 1.75 bits per heavy atom. The largest absolute Gasteiger partial charge is 0.490 e. The van der Waals surface area contributed by atoms with Crippen molar-refractivity contribution in [2.24, 2.45) is 0 Å². The molecule has 6 nitrogen and oxygen atoms in total. The van der Waals surface area contributed by atoms with Crippen molar-refractivity contribution in [1.82, 2.24) is 0 Å². The van der Waals surface area contributed by atoms with Gasteiger partial charge in [0, 0.05) is 0 Å². The van der Waals surface area contributed by atoms with Crippen molar-refractivity contribution in [1.29, 1.82) is 0 Å². The van der Waals surface area contributed by atoms with Gasteiger partial charge >= 0.3 is 10.4 Å². The van der Waals surface area contributed by atoms with Crippen LogP contribution in [0.2, 0.25) is 0 Å². The zero-order valence-electron chi connectivity index (χ0n) is 13.1. The van der Waals surface area contributed by atoms with Crippen molar-refractivity contribution in [2.75, 3.05) is 13.2 Å². The van der Waals surface area contributed by atoms with E-state index in [9.17, 15) is 8.42 Å². The molecule has 1 fully saturated rings. The van der Waals surface area contributed by atoms with Crippen LogP contribution >= 0.6 is 0 Å². The van der Waals surface area contributed by atoms with Gasteiger partial charge < -0.3 is 9.47 Å². The van der Waals surface area contributed by atoms with E-state index in [1.807, 2.05) is 49.4 Å². The molecule has 128 valence electrons. The van der Waals surface area contributed by atoms with Crippen LogP contribution in [0.4, 0.5) is 0 Å². The van der Waals surface area contributed by atoms with Crippen LogP contribution < -0.4 is 9.47 Å². The monoisotopic (exact) mass is 350 g/mol. The molecule has 2 atom stereocenters. The average molecular weight is 350 g/mol. The summed E-state index contributed by atoms with van der Waals surface area (Å²) >= 11 is 0. The maximum absolute atomic E-state index is 11.5. The lowest BCUT2D eigenvalue weighted by molar-refractivity contribution is 0.0654. The summed E-state index contributed by atoms with van der Waals surface area (Å²) in [5, 5.41) is 0. The molecule has 1 aliphatic rings. The second kappa shape index (κ2) is 7.21. The van der Waals surface area contributed by atoms with Crippen molar-refractivity contribution < 1.29 is 26.3 Å². The third-order valence-electron chi connectivity index (χ3n) is 3.49. The van der Waals surface area contributed by atoms with E-state index in [4.69, 9.17) is 17.8 Å². The summed E-state index contributed by atoms with van der Waals surface area (Å²) in [7, 11) is -3.97. The Hall–Kier alpha value is -2.09. The van der Waals surface area contributed by atoms with Gasteiger partial charge in [0.1, 0.15) is 12.7 Å². The fourth-order valence-electron chi connectivity index (χ4n) is 2.46. The molecule has 0 unspecified atom stereocenters. The fraction of sp³-hybridized carbons (Fsp3) is 0.294. The molecule has 24 heavy (non-hydrogen) atoms. The summed E-state index contributed by atoms with van der Waals surface area (Å²) in [5.41, 5.74) is 0.787. The molecule has 0 radical (unpaired) electrons. The summed E-state index contributed by atoms with van der Waals surface area (Å²) in [6.45, 7) is 2.28. The van der Waals surface area contributed by atoms with E-state index >= 15 is 0 Å². The van der Waals surface area contributed by atoms with Crippen LogP contribution in [0, 0.1) is 0 Å². The minimum Gasteiger partial charge on any atom is -0.490 e. The van der Waals surface area contributed by atoms with Gasteiger partial charge in [0.15, 0.2) is 17.6 Å². The maximum atomic E-state index is 11.5. The van der Waals surface area contributed by atoms with E-state index < -0.39 is 22.6 Å². The molecule has 1 heterocycles. The lowest BCUT2D eigenvalue weighted by Crippen LogP contribution is -2.26. The second-order valence-corrected chi connectivity index (χ2v) is 6.40. The van der Waals surface area contributed by atoms with E-state index in [0.29, 0.717) is 18.1 Å². The molecule has 2 aromatic carbocycles. The standard InChI is InChI=1S/C17H18O6S/c1-2-20-14-10-6-7-11-15(14)22-17(13-8-4-3-5-9-13)16-12-21-24(18,19)23-16/h3-11,16-17H,2,12H2,1H3/t16-,17+/m1/s1. The van der Waals surface area contributed by atoms with Gasteiger partial charge in [0.2, 0.25) is 0 Å². The predicted octanol–water partition coefficient (Wildman–Crippen LogP) is 2.87. The van der Waals surface area contributed by atoms with E-state index in [2.05, 4.69) is 0 Å². The average Bonchev–Trinajstić information content (AvgIpc) is 2.95. The molecular weight excluding hydrogens is 332 g/mol. The van der Waals surface area contributed by atoms with E-state index in [-0.39, 0.29) is 6.61 Å². The Balaban J connectivity index is 1.91. The highest BCUT2D eigenvalue weighted by Gasteiger charge is 2.38. The maximum Gasteiger partial charge on any atom is 0.400 e. The first kappa shape index (κ1) is 16.8. The highest BCUT2D eigenvalue weighted by molar-refractivity contribution is 7.82. The van der Waals surface area contributed by atoms with Crippen molar-refractivity contribution in [3.63, 3.8) is 0 Å². The van der Waals surface area contributed by atoms with Gasteiger partial charge in [0.05, 0.1) is 6.61 Å². The smallest absolute Gasteiger partial charge is 0.400 e. The summed E-state index contributed by atoms with van der Waals surface area (Å²) in [5.74, 6) is 1.10. The summed E-state index contributed by atoms with van der Waals surface area (Å²) < 4.78 is 44.3. The van der Waals surface area contributed by atoms with Gasteiger partial charge in [-0.3, -0.25) is 0 Å². The van der Waals surface area contributed by atoms with Crippen LogP contribution in [-0.4, -0.2) is 27.7 Å². The second-order valence-electron chi connectivity index (χ2n) is 5.16. The van der Waals surface area contributed by atoms with Crippen LogP contribution in [0.1, 0.15) is 18.6 Å².